The van der Waals surface area contributed by atoms with Gasteiger partial charge in [0.1, 0.15) is 6.61 Å². The Balaban J connectivity index is 2.47. The number of carbonyl (C=O) groups is 2. The highest BCUT2D eigenvalue weighted by Gasteiger charge is 2.75. The first-order chi connectivity index (χ1) is 13.2. The molecule has 0 N–H and O–H groups in total. The van der Waals surface area contributed by atoms with E-state index in [4.69, 9.17) is 4.74 Å². The third-order valence-electron chi connectivity index (χ3n) is 4.39. The van der Waals surface area contributed by atoms with Crippen LogP contribution < -0.4 is 0 Å². The highest BCUT2D eigenvalue weighted by molar-refractivity contribution is 5.77. The van der Waals surface area contributed by atoms with Crippen molar-refractivity contribution in [3.63, 3.8) is 0 Å². The fourth-order valence-electron chi connectivity index (χ4n) is 2.47. The molecular formula is C17H20F8O4. The minimum atomic E-state index is -6.46. The number of hydrogen-bond acceptors (Lipinski definition) is 4. The van der Waals surface area contributed by atoms with Crippen molar-refractivity contribution in [3.05, 3.63) is 11.1 Å². The fraction of sp³-hybridized carbons (Fsp3) is 0.765. The molecular weight excluding hydrogens is 420 g/mol. The Morgan fingerprint density at radius 2 is 1.45 bits per heavy atom. The Morgan fingerprint density at radius 3 is 1.97 bits per heavy atom. The standard InChI is InChI=1S/C17H20F8O4/c1-10-4-2-3-5-11(10)8-28-12(26)6-7-13(27)29-9-15(20,21)17(24,25)16(22,23)14(18)19/h14H,2-9H2,1H3. The summed E-state index contributed by atoms with van der Waals surface area (Å²) in [4.78, 5) is 22.9. The van der Waals surface area contributed by atoms with Gasteiger partial charge in [-0.25, -0.2) is 8.78 Å². The van der Waals surface area contributed by atoms with E-state index in [2.05, 4.69) is 4.74 Å². The van der Waals surface area contributed by atoms with Crippen molar-refractivity contribution in [2.24, 2.45) is 0 Å². The maximum absolute atomic E-state index is 13.2. The van der Waals surface area contributed by atoms with Gasteiger partial charge in [-0.2, -0.15) is 26.3 Å². The van der Waals surface area contributed by atoms with Gasteiger partial charge in [-0.05, 0) is 38.2 Å². The highest BCUT2D eigenvalue weighted by Crippen LogP contribution is 2.48. The van der Waals surface area contributed by atoms with E-state index < -0.39 is 55.6 Å². The first kappa shape index (κ1) is 25.2. The first-order valence-corrected chi connectivity index (χ1v) is 8.62. The molecule has 29 heavy (non-hydrogen) atoms. The molecule has 0 aromatic rings. The molecule has 0 saturated carbocycles. The molecule has 0 saturated heterocycles. The summed E-state index contributed by atoms with van der Waals surface area (Å²) in [6.07, 6.45) is -2.97. The molecule has 4 nitrogen and oxygen atoms in total. The molecule has 12 heteroatoms. The third kappa shape index (κ3) is 6.30. The molecule has 0 fully saturated rings. The Labute approximate surface area is 161 Å². The summed E-state index contributed by atoms with van der Waals surface area (Å²) in [6.45, 7) is -0.678. The van der Waals surface area contributed by atoms with Gasteiger partial charge in [0.2, 0.25) is 0 Å². The van der Waals surface area contributed by atoms with Gasteiger partial charge in [-0.1, -0.05) is 5.57 Å². The molecule has 0 bridgehead atoms. The van der Waals surface area contributed by atoms with Crippen molar-refractivity contribution < 1.29 is 54.2 Å². The van der Waals surface area contributed by atoms with Crippen LogP contribution in [0.3, 0.4) is 0 Å². The molecule has 0 amide bonds. The number of esters is 2. The van der Waals surface area contributed by atoms with Gasteiger partial charge >= 0.3 is 36.1 Å². The van der Waals surface area contributed by atoms with Crippen LogP contribution in [0.5, 0.6) is 0 Å². The summed E-state index contributed by atoms with van der Waals surface area (Å²) < 4.78 is 111. The van der Waals surface area contributed by atoms with Crippen molar-refractivity contribution in [1.82, 2.24) is 0 Å². The number of halogens is 8. The van der Waals surface area contributed by atoms with E-state index in [1.165, 1.54) is 0 Å². The molecule has 168 valence electrons. The second-order valence-corrected chi connectivity index (χ2v) is 6.61. The van der Waals surface area contributed by atoms with E-state index in [1.54, 1.807) is 0 Å². The van der Waals surface area contributed by atoms with Crippen molar-refractivity contribution >= 4 is 11.9 Å². The lowest BCUT2D eigenvalue weighted by Crippen LogP contribution is -2.59. The van der Waals surface area contributed by atoms with Crippen molar-refractivity contribution in [2.75, 3.05) is 13.2 Å². The second-order valence-electron chi connectivity index (χ2n) is 6.61. The molecule has 0 radical (unpaired) electrons. The average molecular weight is 440 g/mol. The summed E-state index contributed by atoms with van der Waals surface area (Å²) >= 11 is 0. The minimum Gasteiger partial charge on any atom is -0.461 e. The zero-order valence-electron chi connectivity index (χ0n) is 15.4. The van der Waals surface area contributed by atoms with Crippen molar-refractivity contribution in [2.45, 2.75) is 69.6 Å². The first-order valence-electron chi connectivity index (χ1n) is 8.62. The molecule has 0 spiro atoms. The van der Waals surface area contributed by atoms with E-state index in [0.29, 0.717) is 0 Å². The predicted octanol–water partition coefficient (Wildman–Crippen LogP) is 4.91. The summed E-state index contributed by atoms with van der Waals surface area (Å²) in [5.74, 6) is -21.0. The van der Waals surface area contributed by atoms with Crippen molar-refractivity contribution in [1.29, 1.82) is 0 Å². The molecule has 1 aliphatic rings. The van der Waals surface area contributed by atoms with Gasteiger partial charge in [0.05, 0.1) is 12.8 Å². The van der Waals surface area contributed by atoms with Gasteiger partial charge in [-0.15, -0.1) is 0 Å². The monoisotopic (exact) mass is 440 g/mol. The van der Waals surface area contributed by atoms with Crippen LogP contribution in [0.2, 0.25) is 0 Å². The topological polar surface area (TPSA) is 52.6 Å². The summed E-state index contributed by atoms with van der Waals surface area (Å²) in [5, 5.41) is 0. The maximum Gasteiger partial charge on any atom is 0.381 e. The number of rotatable bonds is 10. The second kappa shape index (κ2) is 9.75. The van der Waals surface area contributed by atoms with E-state index in [0.717, 1.165) is 36.8 Å². The smallest absolute Gasteiger partial charge is 0.381 e. The normalized spacial score (nSPS) is 16.2. The molecule has 0 atom stereocenters. The summed E-state index contributed by atoms with van der Waals surface area (Å²) in [5.41, 5.74) is 2.00. The van der Waals surface area contributed by atoms with Crippen LogP contribution in [0.15, 0.2) is 11.1 Å². The lowest BCUT2D eigenvalue weighted by molar-refractivity contribution is -0.344. The van der Waals surface area contributed by atoms with Crippen molar-refractivity contribution in [3.8, 4) is 0 Å². The maximum atomic E-state index is 13.2. The SMILES string of the molecule is CC1=C(COC(=O)CCC(=O)OCC(F)(F)C(F)(F)C(F)(F)C(F)F)CCCC1. The molecule has 0 aromatic carbocycles. The largest absolute Gasteiger partial charge is 0.461 e. The number of hydrogen-bond donors (Lipinski definition) is 0. The van der Waals surface area contributed by atoms with Crippen LogP contribution in [0.1, 0.15) is 45.4 Å². The third-order valence-corrected chi connectivity index (χ3v) is 4.39. The summed E-state index contributed by atoms with van der Waals surface area (Å²) in [6, 6.07) is 0. The molecule has 0 aromatic heterocycles. The molecule has 0 aliphatic heterocycles. The van der Waals surface area contributed by atoms with E-state index in [1.807, 2.05) is 6.92 Å². The number of carbonyl (C=O) groups excluding carboxylic acids is 2. The molecule has 1 rings (SSSR count). The van der Waals surface area contributed by atoms with Crippen LogP contribution in [0.25, 0.3) is 0 Å². The van der Waals surface area contributed by atoms with E-state index in [-0.39, 0.29) is 6.61 Å². The Kier molecular flexibility index (Phi) is 8.46. The lowest BCUT2D eigenvalue weighted by atomic mass is 9.93. The van der Waals surface area contributed by atoms with Gasteiger partial charge in [0, 0.05) is 0 Å². The number of allylic oxidation sites excluding steroid dienone is 1. The quantitative estimate of drug-likeness (QED) is 0.275. The molecule has 0 unspecified atom stereocenters. The van der Waals surface area contributed by atoms with Crippen LogP contribution >= 0.6 is 0 Å². The van der Waals surface area contributed by atoms with E-state index >= 15 is 0 Å². The van der Waals surface area contributed by atoms with Crippen LogP contribution in [-0.4, -0.2) is 49.3 Å². The molecule has 0 heterocycles. The Hall–Kier alpha value is -1.88. The Bertz CT molecular complexity index is 631. The van der Waals surface area contributed by atoms with Gasteiger partial charge < -0.3 is 9.47 Å². The summed E-state index contributed by atoms with van der Waals surface area (Å²) in [7, 11) is 0. The lowest BCUT2D eigenvalue weighted by Gasteiger charge is -2.31. The zero-order chi connectivity index (χ0) is 22.5. The Morgan fingerprint density at radius 1 is 0.931 bits per heavy atom. The van der Waals surface area contributed by atoms with Gasteiger partial charge in [-0.3, -0.25) is 9.59 Å². The predicted molar refractivity (Wildman–Crippen MR) is 83.2 cm³/mol. The van der Waals surface area contributed by atoms with Crippen LogP contribution in [-0.2, 0) is 19.1 Å². The van der Waals surface area contributed by atoms with Gasteiger partial charge in [0.25, 0.3) is 0 Å². The van der Waals surface area contributed by atoms with Crippen LogP contribution in [0.4, 0.5) is 35.1 Å². The highest BCUT2D eigenvalue weighted by atomic mass is 19.4. The van der Waals surface area contributed by atoms with Gasteiger partial charge in [0.15, 0.2) is 6.61 Å². The number of ether oxygens (including phenoxy) is 2. The van der Waals surface area contributed by atoms with E-state index in [9.17, 15) is 44.7 Å². The minimum absolute atomic E-state index is 0.00722. The average Bonchev–Trinajstić information content (AvgIpc) is 2.63. The molecule has 1 aliphatic carbocycles. The zero-order valence-corrected chi connectivity index (χ0v) is 15.4. The fourth-order valence-corrected chi connectivity index (χ4v) is 2.47. The van der Waals surface area contributed by atoms with Crippen LogP contribution in [0, 0.1) is 0 Å². The number of alkyl halides is 8.